The van der Waals surface area contributed by atoms with E-state index in [4.69, 9.17) is 14.2 Å². The van der Waals surface area contributed by atoms with Gasteiger partial charge in [-0.2, -0.15) is 0 Å². The Kier molecular flexibility index (Phi) is 4.02. The van der Waals surface area contributed by atoms with Crippen LogP contribution in [-0.4, -0.2) is 55.9 Å². The number of ether oxygens (including phenoxy) is 3. The monoisotopic (exact) mass is 332 g/mol. The van der Waals surface area contributed by atoms with Crippen LogP contribution in [0.4, 0.5) is 0 Å². The minimum Gasteiger partial charge on any atom is -0.454 e. The standard InChI is InChI=1S/C17H20N2O5/c20-16(18-7-13-2-1-5-22-13)12-8-19(9-12)17(21)11-3-4-14-15(6-11)24-10-23-14/h3-4,6,12-13H,1-2,5,7-10H2,(H,18,20). The van der Waals surface area contributed by atoms with Crippen LogP contribution in [0, 0.1) is 5.92 Å². The van der Waals surface area contributed by atoms with Crippen LogP contribution in [0.2, 0.25) is 0 Å². The quantitative estimate of drug-likeness (QED) is 0.882. The molecule has 0 spiro atoms. The van der Waals surface area contributed by atoms with Crippen LogP contribution in [-0.2, 0) is 9.53 Å². The van der Waals surface area contributed by atoms with Crippen molar-refractivity contribution in [1.29, 1.82) is 0 Å². The number of nitrogens with zero attached hydrogens (tertiary/aromatic N) is 1. The zero-order valence-corrected chi connectivity index (χ0v) is 13.3. The highest BCUT2D eigenvalue weighted by Crippen LogP contribution is 2.33. The molecule has 1 unspecified atom stereocenters. The lowest BCUT2D eigenvalue weighted by atomic mass is 9.97. The first-order chi connectivity index (χ1) is 11.7. The molecule has 1 aromatic carbocycles. The molecule has 3 aliphatic heterocycles. The van der Waals surface area contributed by atoms with Crippen molar-refractivity contribution in [2.45, 2.75) is 18.9 Å². The molecule has 0 aromatic heterocycles. The van der Waals surface area contributed by atoms with Crippen LogP contribution < -0.4 is 14.8 Å². The molecule has 1 atom stereocenters. The third-order valence-corrected chi connectivity index (χ3v) is 4.69. The van der Waals surface area contributed by atoms with Crippen LogP contribution in [0.25, 0.3) is 0 Å². The van der Waals surface area contributed by atoms with E-state index in [-0.39, 0.29) is 30.6 Å². The third-order valence-electron chi connectivity index (χ3n) is 4.69. The summed E-state index contributed by atoms with van der Waals surface area (Å²) >= 11 is 0. The van der Waals surface area contributed by atoms with Crippen molar-refractivity contribution in [3.8, 4) is 11.5 Å². The molecular weight excluding hydrogens is 312 g/mol. The van der Waals surface area contributed by atoms with E-state index in [1.807, 2.05) is 0 Å². The molecule has 2 saturated heterocycles. The highest BCUT2D eigenvalue weighted by atomic mass is 16.7. The lowest BCUT2D eigenvalue weighted by Crippen LogP contribution is -2.56. The Morgan fingerprint density at radius 3 is 2.83 bits per heavy atom. The number of hydrogen-bond donors (Lipinski definition) is 1. The summed E-state index contributed by atoms with van der Waals surface area (Å²) in [6.07, 6.45) is 2.20. The number of carbonyl (C=O) groups excluding carboxylic acids is 2. The zero-order chi connectivity index (χ0) is 16.5. The molecule has 0 bridgehead atoms. The van der Waals surface area contributed by atoms with Crippen LogP contribution >= 0.6 is 0 Å². The molecule has 2 amide bonds. The number of hydrogen-bond acceptors (Lipinski definition) is 5. The Hall–Kier alpha value is -2.28. The zero-order valence-electron chi connectivity index (χ0n) is 13.3. The van der Waals surface area contributed by atoms with Gasteiger partial charge in [-0.15, -0.1) is 0 Å². The van der Waals surface area contributed by atoms with E-state index in [1.54, 1.807) is 23.1 Å². The van der Waals surface area contributed by atoms with Crippen LogP contribution in [0.15, 0.2) is 18.2 Å². The average molecular weight is 332 g/mol. The van der Waals surface area contributed by atoms with E-state index in [9.17, 15) is 9.59 Å². The fourth-order valence-corrected chi connectivity index (χ4v) is 3.19. The van der Waals surface area contributed by atoms with E-state index < -0.39 is 0 Å². The van der Waals surface area contributed by atoms with Crippen LogP contribution in [0.3, 0.4) is 0 Å². The Bertz CT molecular complexity index is 650. The van der Waals surface area contributed by atoms with Gasteiger partial charge in [0.15, 0.2) is 11.5 Å². The van der Waals surface area contributed by atoms with Gasteiger partial charge < -0.3 is 24.4 Å². The second-order valence-corrected chi connectivity index (χ2v) is 6.36. The number of benzene rings is 1. The van der Waals surface area contributed by atoms with E-state index >= 15 is 0 Å². The van der Waals surface area contributed by atoms with Crippen molar-refractivity contribution in [3.05, 3.63) is 23.8 Å². The number of likely N-dealkylation sites (tertiary alicyclic amines) is 1. The number of fused-ring (bicyclic) bond motifs is 1. The maximum absolute atomic E-state index is 12.4. The molecule has 3 aliphatic rings. The predicted molar refractivity (Wildman–Crippen MR) is 83.9 cm³/mol. The van der Waals surface area contributed by atoms with Crippen molar-refractivity contribution in [1.82, 2.24) is 10.2 Å². The van der Waals surface area contributed by atoms with Crippen LogP contribution in [0.5, 0.6) is 11.5 Å². The second-order valence-electron chi connectivity index (χ2n) is 6.36. The molecule has 1 aromatic rings. The van der Waals surface area contributed by atoms with Gasteiger partial charge in [0.25, 0.3) is 5.91 Å². The normalized spacial score (nSPS) is 22.3. The number of nitrogens with one attached hydrogen (secondary N) is 1. The Balaban J connectivity index is 1.27. The summed E-state index contributed by atoms with van der Waals surface area (Å²) in [6.45, 7) is 2.42. The summed E-state index contributed by atoms with van der Waals surface area (Å²) in [5.41, 5.74) is 0.553. The Morgan fingerprint density at radius 1 is 1.21 bits per heavy atom. The summed E-state index contributed by atoms with van der Waals surface area (Å²) < 4.78 is 16.0. The third kappa shape index (κ3) is 2.91. The van der Waals surface area contributed by atoms with Gasteiger partial charge in [0.05, 0.1) is 12.0 Å². The number of carbonyl (C=O) groups is 2. The van der Waals surface area contributed by atoms with Crippen molar-refractivity contribution in [2.24, 2.45) is 5.92 Å². The minimum atomic E-state index is -0.135. The maximum Gasteiger partial charge on any atom is 0.254 e. The highest BCUT2D eigenvalue weighted by Gasteiger charge is 2.36. The SMILES string of the molecule is O=C(NCC1CCCO1)C1CN(C(=O)c2ccc3c(c2)OCO3)C1. The van der Waals surface area contributed by atoms with E-state index in [1.165, 1.54) is 0 Å². The second kappa shape index (κ2) is 6.32. The molecule has 24 heavy (non-hydrogen) atoms. The van der Waals surface area contributed by atoms with Crippen molar-refractivity contribution in [3.63, 3.8) is 0 Å². The topological polar surface area (TPSA) is 77.1 Å². The molecule has 0 radical (unpaired) electrons. The average Bonchev–Trinajstić information content (AvgIpc) is 3.21. The maximum atomic E-state index is 12.4. The van der Waals surface area contributed by atoms with Gasteiger partial charge in [-0.3, -0.25) is 9.59 Å². The van der Waals surface area contributed by atoms with Gasteiger partial charge in [0.1, 0.15) is 0 Å². The van der Waals surface area contributed by atoms with Gasteiger partial charge >= 0.3 is 0 Å². The lowest BCUT2D eigenvalue weighted by Gasteiger charge is -2.38. The van der Waals surface area contributed by atoms with Gasteiger partial charge in [0.2, 0.25) is 12.7 Å². The molecule has 0 aliphatic carbocycles. The molecular formula is C17H20N2O5. The number of amides is 2. The molecule has 128 valence electrons. The van der Waals surface area contributed by atoms with Crippen LogP contribution in [0.1, 0.15) is 23.2 Å². The molecule has 0 saturated carbocycles. The summed E-state index contributed by atoms with van der Waals surface area (Å²) in [6, 6.07) is 5.15. The van der Waals surface area contributed by atoms with E-state index in [0.29, 0.717) is 36.7 Å². The summed E-state index contributed by atoms with van der Waals surface area (Å²) in [5, 5.41) is 2.92. The molecule has 3 heterocycles. The van der Waals surface area contributed by atoms with E-state index in [0.717, 1.165) is 19.4 Å². The molecule has 4 rings (SSSR count). The summed E-state index contributed by atoms with van der Waals surface area (Å²) in [4.78, 5) is 26.2. The predicted octanol–water partition coefficient (Wildman–Crippen LogP) is 0.782. The fraction of sp³-hybridized carbons (Fsp3) is 0.529. The van der Waals surface area contributed by atoms with Crippen molar-refractivity contribution >= 4 is 11.8 Å². The summed E-state index contributed by atoms with van der Waals surface area (Å²) in [5.74, 6) is 1.02. The summed E-state index contributed by atoms with van der Waals surface area (Å²) in [7, 11) is 0. The Labute approximate surface area is 139 Å². The molecule has 7 nitrogen and oxygen atoms in total. The largest absolute Gasteiger partial charge is 0.454 e. The first-order valence-electron chi connectivity index (χ1n) is 8.29. The molecule has 7 heteroatoms. The Morgan fingerprint density at radius 2 is 2.04 bits per heavy atom. The highest BCUT2D eigenvalue weighted by molar-refractivity contribution is 5.96. The van der Waals surface area contributed by atoms with Gasteiger partial charge in [-0.1, -0.05) is 0 Å². The first-order valence-corrected chi connectivity index (χ1v) is 8.29. The first kappa shape index (κ1) is 15.3. The molecule has 1 N–H and O–H groups in total. The fourth-order valence-electron chi connectivity index (χ4n) is 3.19. The molecule has 2 fully saturated rings. The van der Waals surface area contributed by atoms with Crippen molar-refractivity contribution < 1.29 is 23.8 Å². The smallest absolute Gasteiger partial charge is 0.254 e. The van der Waals surface area contributed by atoms with Crippen molar-refractivity contribution in [2.75, 3.05) is 33.0 Å². The number of rotatable bonds is 4. The minimum absolute atomic E-state index is 0.000219. The lowest BCUT2D eigenvalue weighted by molar-refractivity contribution is -0.129. The van der Waals surface area contributed by atoms with Gasteiger partial charge in [-0.25, -0.2) is 0 Å². The van der Waals surface area contributed by atoms with Gasteiger partial charge in [0, 0.05) is 31.8 Å². The van der Waals surface area contributed by atoms with E-state index in [2.05, 4.69) is 5.32 Å². The van der Waals surface area contributed by atoms with Gasteiger partial charge in [-0.05, 0) is 31.0 Å².